The highest BCUT2D eigenvalue weighted by molar-refractivity contribution is 5.62. The minimum Gasteiger partial charge on any atom is -0.508 e. The molecule has 0 spiro atoms. The predicted molar refractivity (Wildman–Crippen MR) is 94.3 cm³/mol. The number of aromatic nitrogens is 2. The van der Waals surface area contributed by atoms with Gasteiger partial charge in [-0.05, 0) is 38.2 Å². The largest absolute Gasteiger partial charge is 0.508 e. The van der Waals surface area contributed by atoms with Crippen LogP contribution in [0.5, 0.6) is 11.6 Å². The zero-order valence-electron chi connectivity index (χ0n) is 14.6. The van der Waals surface area contributed by atoms with E-state index in [9.17, 15) is 5.11 Å². The summed E-state index contributed by atoms with van der Waals surface area (Å²) in [6.07, 6.45) is 0. The molecule has 0 saturated carbocycles. The molecule has 2 heterocycles. The lowest BCUT2D eigenvalue weighted by molar-refractivity contribution is 0.263. The summed E-state index contributed by atoms with van der Waals surface area (Å²) in [5.74, 6) is 1.61. The van der Waals surface area contributed by atoms with E-state index in [2.05, 4.69) is 15.0 Å². The van der Waals surface area contributed by atoms with Crippen molar-refractivity contribution in [2.45, 2.75) is 20.0 Å². The van der Waals surface area contributed by atoms with Crippen molar-refractivity contribution in [3.8, 4) is 22.9 Å². The number of aromatic hydroxyl groups is 1. The number of nitrogens with zero attached hydrogens (tertiary/aromatic N) is 3. The maximum absolute atomic E-state index is 10.2. The van der Waals surface area contributed by atoms with Gasteiger partial charge in [-0.25, -0.2) is 4.98 Å². The quantitative estimate of drug-likeness (QED) is 0.742. The molecule has 2 aromatic heterocycles. The van der Waals surface area contributed by atoms with Crippen LogP contribution >= 0.6 is 0 Å². The highest BCUT2D eigenvalue weighted by Crippen LogP contribution is 2.27. The van der Waals surface area contributed by atoms with E-state index in [0.717, 1.165) is 28.3 Å². The number of hydrogen-bond donors (Lipinski definition) is 1. The maximum atomic E-state index is 10.2. The van der Waals surface area contributed by atoms with Crippen LogP contribution in [0.25, 0.3) is 11.3 Å². The van der Waals surface area contributed by atoms with Crippen LogP contribution in [-0.2, 0) is 13.1 Å². The number of aryl methyl sites for hydroxylation is 1. The topological polar surface area (TPSA) is 71.6 Å². The summed E-state index contributed by atoms with van der Waals surface area (Å²) >= 11 is 0. The summed E-state index contributed by atoms with van der Waals surface area (Å²) in [6.45, 7) is 3.08. The molecule has 1 N–H and O–H groups in total. The Hall–Kier alpha value is -2.86. The van der Waals surface area contributed by atoms with Gasteiger partial charge in [0.15, 0.2) is 5.76 Å². The lowest BCUT2D eigenvalue weighted by Crippen LogP contribution is -2.17. The summed E-state index contributed by atoms with van der Waals surface area (Å²) in [5, 5.41) is 14.1. The third kappa shape index (κ3) is 4.16. The monoisotopic (exact) mass is 339 g/mol. The van der Waals surface area contributed by atoms with Gasteiger partial charge in [0.25, 0.3) is 0 Å². The minimum atomic E-state index is 0.257. The van der Waals surface area contributed by atoms with E-state index >= 15 is 0 Å². The van der Waals surface area contributed by atoms with Crippen molar-refractivity contribution in [1.82, 2.24) is 15.0 Å². The van der Waals surface area contributed by atoms with Gasteiger partial charge in [-0.1, -0.05) is 11.2 Å². The summed E-state index contributed by atoms with van der Waals surface area (Å²) in [5.41, 5.74) is 3.41. The van der Waals surface area contributed by atoms with Gasteiger partial charge < -0.3 is 14.4 Å². The first kappa shape index (κ1) is 17.0. The Labute approximate surface area is 146 Å². The first-order valence-corrected chi connectivity index (χ1v) is 7.99. The van der Waals surface area contributed by atoms with Gasteiger partial charge in [0.05, 0.1) is 25.0 Å². The standard InChI is InChI=1S/C19H21N3O3/c1-13-9-16(25-21-13)12-22(2)11-15-10-14(7-8-18(15)23)17-5-4-6-19(20-17)24-3/h4-10,23H,11-12H2,1-3H3. The molecule has 3 rings (SSSR count). The van der Waals surface area contributed by atoms with Crippen molar-refractivity contribution in [2.75, 3.05) is 14.2 Å². The lowest BCUT2D eigenvalue weighted by atomic mass is 10.1. The molecule has 0 fully saturated rings. The lowest BCUT2D eigenvalue weighted by Gasteiger charge is -2.16. The van der Waals surface area contributed by atoms with Crippen molar-refractivity contribution >= 4 is 0 Å². The predicted octanol–water partition coefficient (Wildman–Crippen LogP) is 3.39. The van der Waals surface area contributed by atoms with Crippen molar-refractivity contribution in [3.05, 3.63) is 59.5 Å². The average molecular weight is 339 g/mol. The highest BCUT2D eigenvalue weighted by atomic mass is 16.5. The molecule has 0 amide bonds. The molecular formula is C19H21N3O3. The summed E-state index contributed by atoms with van der Waals surface area (Å²) in [4.78, 5) is 6.49. The zero-order valence-corrected chi connectivity index (χ0v) is 14.6. The Bertz CT molecular complexity index is 861. The van der Waals surface area contributed by atoms with Crippen LogP contribution in [0.3, 0.4) is 0 Å². The van der Waals surface area contributed by atoms with Gasteiger partial charge in [0.2, 0.25) is 5.88 Å². The van der Waals surface area contributed by atoms with Gasteiger partial charge in [-0.15, -0.1) is 0 Å². The Kier molecular flexibility index (Phi) is 5.00. The summed E-state index contributed by atoms with van der Waals surface area (Å²) in [7, 11) is 3.56. The molecule has 0 saturated heterocycles. The fourth-order valence-electron chi connectivity index (χ4n) is 2.66. The number of rotatable bonds is 6. The SMILES string of the molecule is COc1cccc(-c2ccc(O)c(CN(C)Cc3cc(C)no3)c2)n1. The molecule has 0 bridgehead atoms. The van der Waals surface area contributed by atoms with E-state index in [0.29, 0.717) is 19.0 Å². The van der Waals surface area contributed by atoms with Crippen LogP contribution in [0.1, 0.15) is 17.0 Å². The van der Waals surface area contributed by atoms with Crippen LogP contribution in [0.2, 0.25) is 0 Å². The second-order valence-corrected chi connectivity index (χ2v) is 6.02. The van der Waals surface area contributed by atoms with E-state index in [4.69, 9.17) is 9.26 Å². The molecule has 6 heteroatoms. The van der Waals surface area contributed by atoms with Crippen molar-refractivity contribution in [2.24, 2.45) is 0 Å². The third-order valence-electron chi connectivity index (χ3n) is 3.85. The van der Waals surface area contributed by atoms with Gasteiger partial charge in [-0.3, -0.25) is 4.90 Å². The molecule has 0 aliphatic rings. The van der Waals surface area contributed by atoms with Crippen LogP contribution in [0.4, 0.5) is 0 Å². The maximum Gasteiger partial charge on any atom is 0.213 e. The van der Waals surface area contributed by atoms with E-state index in [-0.39, 0.29) is 5.75 Å². The Balaban J connectivity index is 1.79. The molecule has 1 aromatic carbocycles. The Morgan fingerprint density at radius 3 is 2.72 bits per heavy atom. The van der Waals surface area contributed by atoms with Crippen LogP contribution in [0, 0.1) is 6.92 Å². The van der Waals surface area contributed by atoms with Crippen LogP contribution < -0.4 is 4.74 Å². The molecule has 3 aromatic rings. The number of ether oxygens (including phenoxy) is 1. The van der Waals surface area contributed by atoms with Gasteiger partial charge in [-0.2, -0.15) is 0 Å². The Morgan fingerprint density at radius 1 is 1.16 bits per heavy atom. The van der Waals surface area contributed by atoms with Gasteiger partial charge in [0.1, 0.15) is 5.75 Å². The van der Waals surface area contributed by atoms with Crippen molar-refractivity contribution in [3.63, 3.8) is 0 Å². The number of pyridine rings is 1. The van der Waals surface area contributed by atoms with Gasteiger partial charge >= 0.3 is 0 Å². The molecule has 0 radical (unpaired) electrons. The molecule has 0 unspecified atom stereocenters. The number of benzene rings is 1. The normalized spacial score (nSPS) is 11.0. The molecule has 0 aliphatic carbocycles. The van der Waals surface area contributed by atoms with Gasteiger partial charge in [0, 0.05) is 29.8 Å². The highest BCUT2D eigenvalue weighted by Gasteiger charge is 2.11. The fourth-order valence-corrected chi connectivity index (χ4v) is 2.66. The molecule has 130 valence electrons. The molecule has 0 atom stereocenters. The van der Waals surface area contributed by atoms with E-state index in [1.165, 1.54) is 0 Å². The average Bonchev–Trinajstić information content (AvgIpc) is 3.01. The molecule has 6 nitrogen and oxygen atoms in total. The summed E-state index contributed by atoms with van der Waals surface area (Å²) in [6, 6.07) is 13.0. The third-order valence-corrected chi connectivity index (χ3v) is 3.85. The summed E-state index contributed by atoms with van der Waals surface area (Å²) < 4.78 is 10.4. The first-order valence-electron chi connectivity index (χ1n) is 7.99. The molecule has 0 aliphatic heterocycles. The number of methoxy groups -OCH3 is 1. The minimum absolute atomic E-state index is 0.257. The number of phenolic OH excluding ortho intramolecular Hbond substituents is 1. The second-order valence-electron chi connectivity index (χ2n) is 6.02. The molecule has 25 heavy (non-hydrogen) atoms. The van der Waals surface area contributed by atoms with E-state index in [1.807, 2.05) is 44.3 Å². The first-order chi connectivity index (χ1) is 12.0. The van der Waals surface area contributed by atoms with Crippen LogP contribution in [-0.4, -0.2) is 34.3 Å². The van der Waals surface area contributed by atoms with Crippen molar-refractivity contribution < 1.29 is 14.4 Å². The molecular weight excluding hydrogens is 318 g/mol. The smallest absolute Gasteiger partial charge is 0.213 e. The van der Waals surface area contributed by atoms with E-state index < -0.39 is 0 Å². The van der Waals surface area contributed by atoms with E-state index in [1.54, 1.807) is 19.2 Å². The van der Waals surface area contributed by atoms with Crippen molar-refractivity contribution in [1.29, 1.82) is 0 Å². The fraction of sp³-hybridized carbons (Fsp3) is 0.263. The number of phenols is 1. The van der Waals surface area contributed by atoms with Crippen LogP contribution in [0.15, 0.2) is 47.0 Å². The zero-order chi connectivity index (χ0) is 17.8. The number of hydrogen-bond acceptors (Lipinski definition) is 6. The Morgan fingerprint density at radius 2 is 2.00 bits per heavy atom. The second kappa shape index (κ2) is 7.36.